The molecule has 0 saturated carbocycles. The normalized spacial score (nSPS) is 15.5. The molecular weight excluding hydrogens is 310 g/mol. The average molecular weight is 325 g/mol. The van der Waals surface area contributed by atoms with E-state index in [4.69, 9.17) is 0 Å². The third-order valence-corrected chi connectivity index (χ3v) is 5.05. The van der Waals surface area contributed by atoms with Gasteiger partial charge >= 0.3 is 5.24 Å². The van der Waals surface area contributed by atoms with Gasteiger partial charge in [0, 0.05) is 36.6 Å². The SMILES string of the molecule is O=C(SN1CCCC1)n1c2ccccc2c(=O)c2cccnc21. The van der Waals surface area contributed by atoms with Crippen molar-refractivity contribution < 1.29 is 4.79 Å². The third kappa shape index (κ3) is 2.44. The van der Waals surface area contributed by atoms with E-state index in [0.717, 1.165) is 25.9 Å². The van der Waals surface area contributed by atoms with Crippen molar-refractivity contribution >= 4 is 39.1 Å². The summed E-state index contributed by atoms with van der Waals surface area (Å²) >= 11 is 1.21. The second kappa shape index (κ2) is 5.79. The maximum atomic E-state index is 12.9. The monoisotopic (exact) mass is 325 g/mol. The van der Waals surface area contributed by atoms with Gasteiger partial charge in [0.1, 0.15) is 0 Å². The summed E-state index contributed by atoms with van der Waals surface area (Å²) in [4.78, 5) is 29.8. The molecule has 1 aliphatic rings. The van der Waals surface area contributed by atoms with Crippen molar-refractivity contribution in [2.45, 2.75) is 12.8 Å². The second-order valence-corrected chi connectivity index (χ2v) is 6.60. The van der Waals surface area contributed by atoms with Gasteiger partial charge < -0.3 is 0 Å². The molecule has 0 aliphatic carbocycles. The van der Waals surface area contributed by atoms with Gasteiger partial charge in [-0.3, -0.25) is 14.2 Å². The average Bonchev–Trinajstić information content (AvgIpc) is 3.08. The van der Waals surface area contributed by atoms with Crippen LogP contribution in [-0.2, 0) is 0 Å². The van der Waals surface area contributed by atoms with Crippen molar-refractivity contribution in [3.63, 3.8) is 0 Å². The highest BCUT2D eigenvalue weighted by Crippen LogP contribution is 2.25. The molecule has 3 heterocycles. The molecule has 1 fully saturated rings. The molecule has 0 atom stereocenters. The van der Waals surface area contributed by atoms with E-state index in [9.17, 15) is 9.59 Å². The van der Waals surface area contributed by atoms with Crippen LogP contribution in [0.2, 0.25) is 0 Å². The maximum absolute atomic E-state index is 12.9. The van der Waals surface area contributed by atoms with E-state index in [1.807, 2.05) is 12.1 Å². The van der Waals surface area contributed by atoms with Crippen molar-refractivity contribution in [1.29, 1.82) is 0 Å². The molecule has 2 aromatic heterocycles. The number of hydrogen-bond donors (Lipinski definition) is 0. The van der Waals surface area contributed by atoms with E-state index in [1.54, 1.807) is 35.0 Å². The Morgan fingerprint density at radius 2 is 1.78 bits per heavy atom. The Morgan fingerprint density at radius 3 is 2.61 bits per heavy atom. The van der Waals surface area contributed by atoms with E-state index in [1.165, 1.54) is 11.9 Å². The lowest BCUT2D eigenvalue weighted by Gasteiger charge is -2.16. The molecule has 5 nitrogen and oxygen atoms in total. The Balaban J connectivity index is 1.96. The first-order valence-electron chi connectivity index (χ1n) is 7.61. The van der Waals surface area contributed by atoms with Gasteiger partial charge in [0.25, 0.3) is 0 Å². The molecule has 0 bridgehead atoms. The molecule has 3 aromatic rings. The summed E-state index contributed by atoms with van der Waals surface area (Å²) in [7, 11) is 0. The molecule has 1 saturated heterocycles. The van der Waals surface area contributed by atoms with E-state index in [0.29, 0.717) is 21.9 Å². The Labute approximate surface area is 137 Å². The number of nitrogens with zero attached hydrogens (tertiary/aromatic N) is 3. The van der Waals surface area contributed by atoms with E-state index < -0.39 is 0 Å². The molecule has 0 amide bonds. The van der Waals surface area contributed by atoms with Gasteiger partial charge in [-0.1, -0.05) is 12.1 Å². The van der Waals surface area contributed by atoms with Crippen LogP contribution < -0.4 is 5.43 Å². The van der Waals surface area contributed by atoms with Gasteiger partial charge in [0.2, 0.25) is 0 Å². The maximum Gasteiger partial charge on any atom is 0.307 e. The summed E-state index contributed by atoms with van der Waals surface area (Å²) < 4.78 is 3.64. The first kappa shape index (κ1) is 14.4. The first-order valence-corrected chi connectivity index (χ1v) is 8.39. The Hall–Kier alpha value is -2.18. The second-order valence-electron chi connectivity index (χ2n) is 5.55. The van der Waals surface area contributed by atoms with Gasteiger partial charge in [0.05, 0.1) is 10.9 Å². The Bertz CT molecular complexity index is 901. The minimum Gasteiger partial charge on any atom is -0.288 e. The van der Waals surface area contributed by atoms with Gasteiger partial charge in [-0.2, -0.15) is 0 Å². The fourth-order valence-electron chi connectivity index (χ4n) is 2.99. The number of benzene rings is 1. The summed E-state index contributed by atoms with van der Waals surface area (Å²) in [6.45, 7) is 1.83. The van der Waals surface area contributed by atoms with Crippen LogP contribution in [0.15, 0.2) is 47.4 Å². The quantitative estimate of drug-likeness (QED) is 0.508. The predicted octanol–water partition coefficient (Wildman–Crippen LogP) is 3.26. The molecule has 0 spiro atoms. The van der Waals surface area contributed by atoms with Gasteiger partial charge in [-0.25, -0.2) is 9.29 Å². The molecule has 0 radical (unpaired) electrons. The number of rotatable bonds is 1. The molecule has 6 heteroatoms. The summed E-state index contributed by atoms with van der Waals surface area (Å²) in [5.74, 6) is 0. The lowest BCUT2D eigenvalue weighted by atomic mass is 10.1. The molecule has 116 valence electrons. The van der Waals surface area contributed by atoms with Crippen LogP contribution in [0.5, 0.6) is 0 Å². The highest BCUT2D eigenvalue weighted by molar-refractivity contribution is 8.11. The molecule has 4 rings (SSSR count). The van der Waals surface area contributed by atoms with Crippen LogP contribution in [0.3, 0.4) is 0 Å². The molecule has 23 heavy (non-hydrogen) atoms. The number of hydrogen-bond acceptors (Lipinski definition) is 5. The van der Waals surface area contributed by atoms with Crippen LogP contribution in [0, 0.1) is 0 Å². The predicted molar refractivity (Wildman–Crippen MR) is 92.7 cm³/mol. The highest BCUT2D eigenvalue weighted by atomic mass is 32.2. The Kier molecular flexibility index (Phi) is 3.63. The summed E-state index contributed by atoms with van der Waals surface area (Å²) in [6, 6.07) is 10.7. The highest BCUT2D eigenvalue weighted by Gasteiger charge is 2.21. The van der Waals surface area contributed by atoms with E-state index in [2.05, 4.69) is 9.29 Å². The summed E-state index contributed by atoms with van der Waals surface area (Å²) in [5, 5.41) is 0.900. The smallest absolute Gasteiger partial charge is 0.288 e. The first-order chi connectivity index (χ1) is 11.3. The number of carbonyl (C=O) groups excluding carboxylic acids is 1. The zero-order chi connectivity index (χ0) is 15.8. The molecule has 1 aromatic carbocycles. The number of fused-ring (bicyclic) bond motifs is 2. The van der Waals surface area contributed by atoms with Crippen LogP contribution in [-0.4, -0.2) is 32.2 Å². The van der Waals surface area contributed by atoms with Crippen LogP contribution >= 0.6 is 11.9 Å². The summed E-state index contributed by atoms with van der Waals surface area (Å²) in [6.07, 6.45) is 3.84. The number of carbonyl (C=O) groups is 1. The topological polar surface area (TPSA) is 55.2 Å². The molecule has 1 aliphatic heterocycles. The number of para-hydroxylation sites is 1. The zero-order valence-corrected chi connectivity index (χ0v) is 13.3. The molecule has 0 unspecified atom stereocenters. The molecule has 0 N–H and O–H groups in total. The fraction of sp³-hybridized carbons (Fsp3) is 0.235. The minimum atomic E-state index is -0.119. The van der Waals surface area contributed by atoms with E-state index in [-0.39, 0.29) is 10.7 Å². The summed E-state index contributed by atoms with van der Waals surface area (Å²) in [5.41, 5.74) is 0.951. The van der Waals surface area contributed by atoms with Crippen molar-refractivity contribution in [2.24, 2.45) is 0 Å². The largest absolute Gasteiger partial charge is 0.307 e. The zero-order valence-electron chi connectivity index (χ0n) is 12.4. The standard InChI is InChI=1S/C17H15N3O2S/c21-15-12-6-1-2-8-14(12)20(16-13(15)7-5-9-18-16)17(22)23-19-10-3-4-11-19/h1-2,5-9H,3-4,10-11H2. The third-order valence-electron chi connectivity index (χ3n) is 4.09. The van der Waals surface area contributed by atoms with Crippen molar-refractivity contribution in [1.82, 2.24) is 13.9 Å². The number of aromatic nitrogens is 2. The number of pyridine rings is 2. The van der Waals surface area contributed by atoms with Crippen molar-refractivity contribution in [3.05, 3.63) is 52.8 Å². The lowest BCUT2D eigenvalue weighted by Crippen LogP contribution is -2.20. The van der Waals surface area contributed by atoms with Crippen molar-refractivity contribution in [2.75, 3.05) is 13.1 Å². The lowest BCUT2D eigenvalue weighted by molar-refractivity contribution is 0.262. The van der Waals surface area contributed by atoms with Crippen LogP contribution in [0.1, 0.15) is 12.8 Å². The Morgan fingerprint density at radius 1 is 1.04 bits per heavy atom. The molecular formula is C17H15N3O2S. The van der Waals surface area contributed by atoms with Crippen LogP contribution in [0.4, 0.5) is 4.79 Å². The van der Waals surface area contributed by atoms with Gasteiger partial charge in [-0.05, 0) is 37.1 Å². The van der Waals surface area contributed by atoms with Crippen molar-refractivity contribution in [3.8, 4) is 0 Å². The van der Waals surface area contributed by atoms with E-state index >= 15 is 0 Å². The minimum absolute atomic E-state index is 0.0843. The van der Waals surface area contributed by atoms with Crippen LogP contribution in [0.25, 0.3) is 21.9 Å². The van der Waals surface area contributed by atoms with Gasteiger partial charge in [-0.15, -0.1) is 0 Å². The fourth-order valence-corrected chi connectivity index (χ4v) is 3.92. The van der Waals surface area contributed by atoms with Gasteiger partial charge in [0.15, 0.2) is 11.1 Å².